The van der Waals surface area contributed by atoms with Gasteiger partial charge in [-0.15, -0.1) is 0 Å². The van der Waals surface area contributed by atoms with E-state index in [4.69, 9.17) is 21.1 Å². The van der Waals surface area contributed by atoms with Crippen LogP contribution in [0.25, 0.3) is 0 Å². The highest BCUT2D eigenvalue weighted by molar-refractivity contribution is 6.31. The van der Waals surface area contributed by atoms with Gasteiger partial charge >= 0.3 is 6.03 Å². The lowest BCUT2D eigenvalue weighted by molar-refractivity contribution is -0.0144. The van der Waals surface area contributed by atoms with Gasteiger partial charge in [0.15, 0.2) is 0 Å². The van der Waals surface area contributed by atoms with Gasteiger partial charge in [0.25, 0.3) is 0 Å². The molecule has 2 amide bonds. The van der Waals surface area contributed by atoms with Crippen LogP contribution < -0.4 is 5.32 Å². The summed E-state index contributed by atoms with van der Waals surface area (Å²) in [6.07, 6.45) is 0.899. The van der Waals surface area contributed by atoms with E-state index in [1.165, 1.54) is 4.90 Å². The van der Waals surface area contributed by atoms with Crippen LogP contribution in [0, 0.1) is 0 Å². The van der Waals surface area contributed by atoms with Gasteiger partial charge in [-0.2, -0.15) is 0 Å². The molecule has 1 rings (SSSR count). The van der Waals surface area contributed by atoms with Crippen molar-refractivity contribution in [1.29, 1.82) is 0 Å². The molecule has 2 N–H and O–H groups in total. The maximum absolute atomic E-state index is 12.5. The summed E-state index contributed by atoms with van der Waals surface area (Å²) in [5, 5.41) is 13.7. The molecular weight excluding hydrogens is 368 g/mol. The van der Waals surface area contributed by atoms with Crippen molar-refractivity contribution in [3.05, 3.63) is 28.3 Å². The fourth-order valence-corrected chi connectivity index (χ4v) is 2.97. The number of nitrogens with zero attached hydrogens (tertiary/aromatic N) is 1. The lowest BCUT2D eigenvalue weighted by atomic mass is 10.0. The van der Waals surface area contributed by atoms with E-state index in [0.29, 0.717) is 18.2 Å². The molecule has 0 aromatic heterocycles. The maximum atomic E-state index is 12.5. The number of carbonyl (C=O) groups is 1. The highest BCUT2D eigenvalue weighted by atomic mass is 35.5. The van der Waals surface area contributed by atoms with Crippen molar-refractivity contribution >= 4 is 23.3 Å². The molecule has 1 aromatic carbocycles. The number of likely N-dealkylation sites (N-methyl/N-ethyl adjacent to an activating group) is 1. The minimum atomic E-state index is -0.768. The average molecular weight is 401 g/mol. The third kappa shape index (κ3) is 8.05. The molecule has 1 aromatic rings. The molecule has 7 heteroatoms. The van der Waals surface area contributed by atoms with Crippen molar-refractivity contribution < 1.29 is 19.4 Å². The number of ether oxygens (including phenoxy) is 2. The van der Waals surface area contributed by atoms with Crippen LogP contribution in [-0.2, 0) is 22.3 Å². The quantitative estimate of drug-likeness (QED) is 0.555. The summed E-state index contributed by atoms with van der Waals surface area (Å²) in [5.41, 5.74) is 2.72. The summed E-state index contributed by atoms with van der Waals surface area (Å²) < 4.78 is 10.8. The number of benzene rings is 1. The van der Waals surface area contributed by atoms with E-state index in [-0.39, 0.29) is 25.3 Å². The highest BCUT2D eigenvalue weighted by Gasteiger charge is 2.18. The van der Waals surface area contributed by atoms with Crippen LogP contribution in [0.15, 0.2) is 12.1 Å². The molecule has 0 aliphatic heterocycles. The number of hydrogen-bond donors (Lipinski definition) is 2. The molecule has 0 bridgehead atoms. The van der Waals surface area contributed by atoms with Crippen molar-refractivity contribution in [3.8, 4) is 0 Å². The van der Waals surface area contributed by atoms with Crippen LogP contribution in [-0.4, -0.2) is 61.7 Å². The van der Waals surface area contributed by atoms with Gasteiger partial charge in [-0.1, -0.05) is 31.5 Å². The summed E-state index contributed by atoms with van der Waals surface area (Å²) in [5.74, 6) is 0. The van der Waals surface area contributed by atoms with Crippen LogP contribution in [0.2, 0.25) is 5.02 Å². The van der Waals surface area contributed by atoms with Gasteiger partial charge in [-0.3, -0.25) is 0 Å². The summed E-state index contributed by atoms with van der Waals surface area (Å²) in [6, 6.07) is 3.51. The van der Waals surface area contributed by atoms with Crippen LogP contribution in [0.1, 0.15) is 38.8 Å². The first-order chi connectivity index (χ1) is 12.8. The molecule has 0 fully saturated rings. The molecule has 1 atom stereocenters. The number of aryl methyl sites for hydroxylation is 1. The van der Waals surface area contributed by atoms with E-state index in [1.807, 2.05) is 39.8 Å². The topological polar surface area (TPSA) is 71.0 Å². The molecule has 0 aliphatic rings. The first-order valence-corrected chi connectivity index (χ1v) is 9.87. The Morgan fingerprint density at radius 1 is 1.26 bits per heavy atom. The molecule has 27 heavy (non-hydrogen) atoms. The number of aliphatic hydroxyl groups is 1. The monoisotopic (exact) mass is 400 g/mol. The molecule has 0 radical (unpaired) electrons. The lowest BCUT2D eigenvalue weighted by Crippen LogP contribution is -2.39. The Kier molecular flexibility index (Phi) is 10.7. The molecule has 0 spiro atoms. The molecule has 154 valence electrons. The highest BCUT2D eigenvalue weighted by Crippen LogP contribution is 2.29. The van der Waals surface area contributed by atoms with Crippen LogP contribution in [0.4, 0.5) is 10.5 Å². The predicted molar refractivity (Wildman–Crippen MR) is 110 cm³/mol. The Labute approximate surface area is 167 Å². The fraction of sp³-hybridized carbons (Fsp3) is 0.650. The minimum absolute atomic E-state index is 0.149. The van der Waals surface area contributed by atoms with E-state index in [0.717, 1.165) is 29.7 Å². The largest absolute Gasteiger partial charge is 0.389 e. The van der Waals surface area contributed by atoms with Gasteiger partial charge in [0.1, 0.15) is 0 Å². The zero-order chi connectivity index (χ0) is 20.4. The van der Waals surface area contributed by atoms with Crippen LogP contribution in [0.3, 0.4) is 0 Å². The molecule has 0 aliphatic carbocycles. The zero-order valence-corrected chi connectivity index (χ0v) is 17.8. The van der Waals surface area contributed by atoms with Gasteiger partial charge < -0.3 is 24.8 Å². The first kappa shape index (κ1) is 23.7. The number of rotatable bonds is 11. The zero-order valence-electron chi connectivity index (χ0n) is 17.0. The van der Waals surface area contributed by atoms with Gasteiger partial charge in [0.2, 0.25) is 0 Å². The van der Waals surface area contributed by atoms with Crippen molar-refractivity contribution in [1.82, 2.24) is 4.90 Å². The summed E-state index contributed by atoms with van der Waals surface area (Å²) >= 11 is 6.28. The second-order valence-electron chi connectivity index (χ2n) is 6.73. The number of nitrogens with one attached hydrogen (secondary N) is 1. The SMILES string of the molecule is CCc1ccc(Cl)c(CC)c1NC(=O)N(C)CC(O)COCCOC(C)C. The van der Waals surface area contributed by atoms with E-state index < -0.39 is 6.10 Å². The number of aliphatic hydroxyl groups excluding tert-OH is 1. The molecule has 1 unspecified atom stereocenters. The number of urea groups is 1. The Morgan fingerprint density at radius 2 is 1.96 bits per heavy atom. The normalized spacial score (nSPS) is 12.3. The van der Waals surface area contributed by atoms with Crippen molar-refractivity contribution in [3.63, 3.8) is 0 Å². The van der Waals surface area contributed by atoms with E-state index in [9.17, 15) is 9.90 Å². The predicted octanol–water partition coefficient (Wildman–Crippen LogP) is 3.73. The van der Waals surface area contributed by atoms with Crippen molar-refractivity contribution in [2.75, 3.05) is 38.7 Å². The Bertz CT molecular complexity index is 596. The fourth-order valence-electron chi connectivity index (χ4n) is 2.68. The first-order valence-electron chi connectivity index (χ1n) is 9.49. The molecule has 0 heterocycles. The van der Waals surface area contributed by atoms with Gasteiger partial charge in [0, 0.05) is 12.1 Å². The molecular formula is C20H33ClN2O4. The number of anilines is 1. The summed E-state index contributed by atoms with van der Waals surface area (Å²) in [7, 11) is 1.64. The third-order valence-electron chi connectivity index (χ3n) is 4.13. The number of halogens is 1. The average Bonchev–Trinajstić information content (AvgIpc) is 2.61. The van der Waals surface area contributed by atoms with Crippen molar-refractivity contribution in [2.45, 2.75) is 52.7 Å². The summed E-state index contributed by atoms with van der Waals surface area (Å²) in [6.45, 7) is 9.15. The number of carbonyl (C=O) groups excluding carboxylic acids is 1. The van der Waals surface area contributed by atoms with Gasteiger partial charge in [-0.05, 0) is 43.9 Å². The molecule has 0 saturated carbocycles. The van der Waals surface area contributed by atoms with E-state index in [2.05, 4.69) is 5.32 Å². The molecule has 0 saturated heterocycles. The van der Waals surface area contributed by atoms with Gasteiger partial charge in [-0.25, -0.2) is 4.79 Å². The van der Waals surface area contributed by atoms with Crippen LogP contribution in [0.5, 0.6) is 0 Å². The lowest BCUT2D eigenvalue weighted by Gasteiger charge is -2.23. The van der Waals surface area contributed by atoms with Crippen LogP contribution >= 0.6 is 11.6 Å². The third-order valence-corrected chi connectivity index (χ3v) is 4.48. The molecule has 6 nitrogen and oxygen atoms in total. The Morgan fingerprint density at radius 3 is 2.56 bits per heavy atom. The van der Waals surface area contributed by atoms with E-state index >= 15 is 0 Å². The minimum Gasteiger partial charge on any atom is -0.389 e. The Hall–Kier alpha value is -1.34. The smallest absolute Gasteiger partial charge is 0.321 e. The second-order valence-corrected chi connectivity index (χ2v) is 7.13. The van der Waals surface area contributed by atoms with Gasteiger partial charge in [0.05, 0.1) is 44.3 Å². The number of hydrogen-bond acceptors (Lipinski definition) is 4. The summed E-state index contributed by atoms with van der Waals surface area (Å²) in [4.78, 5) is 14.0. The number of amides is 2. The Balaban J connectivity index is 2.56. The van der Waals surface area contributed by atoms with E-state index in [1.54, 1.807) is 7.05 Å². The maximum Gasteiger partial charge on any atom is 0.321 e. The van der Waals surface area contributed by atoms with Crippen molar-refractivity contribution in [2.24, 2.45) is 0 Å². The second kappa shape index (κ2) is 12.2. The standard InChI is InChI=1S/C20H33ClN2O4/c1-6-15-8-9-18(21)17(7-2)19(15)22-20(25)23(5)12-16(24)13-26-10-11-27-14(3)4/h8-9,14,16,24H,6-7,10-13H2,1-5H3,(H,22,25).